The molecule has 0 radical (unpaired) electrons. The number of hydrogen-bond donors (Lipinski definition) is 0. The third kappa shape index (κ3) is 2.48. The summed E-state index contributed by atoms with van der Waals surface area (Å²) in [6.45, 7) is 0. The summed E-state index contributed by atoms with van der Waals surface area (Å²) in [5, 5.41) is 2.09. The number of halogens is 1. The summed E-state index contributed by atoms with van der Waals surface area (Å²) < 4.78 is 2.42. The fourth-order valence-corrected chi connectivity index (χ4v) is 4.06. The van der Waals surface area contributed by atoms with E-state index >= 15 is 0 Å². The lowest BCUT2D eigenvalue weighted by atomic mass is 10.0. The maximum absolute atomic E-state index is 6.05. The van der Waals surface area contributed by atoms with Crippen molar-refractivity contribution in [1.29, 1.82) is 0 Å². The molecule has 0 unspecified atom stereocenters. The molecule has 3 aromatic carbocycles. The normalized spacial score (nSPS) is 13.1. The summed E-state index contributed by atoms with van der Waals surface area (Å²) in [7, 11) is 0. The molecule has 0 N–H and O–H groups in total. The molecule has 0 bridgehead atoms. The molecule has 1 heterocycles. The van der Waals surface area contributed by atoms with Gasteiger partial charge in [0, 0.05) is 27.4 Å². The first kappa shape index (κ1) is 15.5. The molecule has 5 rings (SSSR count). The van der Waals surface area contributed by atoms with Gasteiger partial charge in [0.25, 0.3) is 0 Å². The second-order valence-corrected chi connectivity index (χ2v) is 7.15. The Balaban J connectivity index is 1.73. The molecule has 0 aliphatic heterocycles. The molecule has 0 amide bonds. The largest absolute Gasteiger partial charge is 0.313 e. The zero-order chi connectivity index (χ0) is 17.5. The van der Waals surface area contributed by atoms with Gasteiger partial charge in [-0.2, -0.15) is 0 Å². The van der Waals surface area contributed by atoms with Crippen LogP contribution in [0.15, 0.2) is 78.9 Å². The number of aromatic nitrogens is 1. The molecule has 1 nitrogen and oxygen atoms in total. The zero-order valence-corrected chi connectivity index (χ0v) is 15.1. The van der Waals surface area contributed by atoms with Gasteiger partial charge < -0.3 is 4.57 Å². The molecule has 4 aromatic rings. The van der Waals surface area contributed by atoms with Crippen LogP contribution in [0.1, 0.15) is 17.7 Å². The zero-order valence-electron chi connectivity index (χ0n) is 14.3. The smallest absolute Gasteiger partial charge is 0.0537 e. The summed E-state index contributed by atoms with van der Waals surface area (Å²) in [5.74, 6) is 0. The van der Waals surface area contributed by atoms with Gasteiger partial charge in [-0.25, -0.2) is 0 Å². The first-order valence-corrected chi connectivity index (χ1v) is 9.34. The predicted octanol–water partition coefficient (Wildman–Crippen LogP) is 6.91. The predicted molar refractivity (Wildman–Crippen MR) is 111 cm³/mol. The molecule has 0 spiro atoms. The van der Waals surface area contributed by atoms with Crippen molar-refractivity contribution in [2.24, 2.45) is 0 Å². The van der Waals surface area contributed by atoms with E-state index in [4.69, 9.17) is 11.6 Å². The van der Waals surface area contributed by atoms with Crippen molar-refractivity contribution in [3.8, 4) is 16.8 Å². The molecule has 1 aliphatic rings. The van der Waals surface area contributed by atoms with Gasteiger partial charge in [-0.1, -0.05) is 66.2 Å². The van der Waals surface area contributed by atoms with E-state index in [1.54, 1.807) is 0 Å². The highest BCUT2D eigenvalue weighted by atomic mass is 35.5. The van der Waals surface area contributed by atoms with Crippen LogP contribution in [-0.4, -0.2) is 4.57 Å². The highest BCUT2D eigenvalue weighted by Gasteiger charge is 2.18. The first-order valence-electron chi connectivity index (χ1n) is 8.96. The Kier molecular flexibility index (Phi) is 3.69. The average molecular weight is 356 g/mol. The lowest BCUT2D eigenvalue weighted by Crippen LogP contribution is -2.03. The van der Waals surface area contributed by atoms with Crippen molar-refractivity contribution >= 4 is 28.6 Å². The van der Waals surface area contributed by atoms with Crippen molar-refractivity contribution in [3.05, 3.63) is 95.2 Å². The minimum Gasteiger partial charge on any atom is -0.313 e. The fraction of sp³-hybridized carbons (Fsp3) is 0.0833. The van der Waals surface area contributed by atoms with Gasteiger partial charge >= 0.3 is 0 Å². The number of rotatable bonds is 2. The molecule has 126 valence electrons. The van der Waals surface area contributed by atoms with E-state index < -0.39 is 0 Å². The van der Waals surface area contributed by atoms with Gasteiger partial charge in [-0.3, -0.25) is 0 Å². The van der Waals surface area contributed by atoms with Crippen molar-refractivity contribution in [2.45, 2.75) is 12.8 Å². The third-order valence-electron chi connectivity index (χ3n) is 5.13. The molecular formula is C24H18ClN. The van der Waals surface area contributed by atoms with Gasteiger partial charge in [0.2, 0.25) is 0 Å². The van der Waals surface area contributed by atoms with Gasteiger partial charge in [0.05, 0.1) is 5.52 Å². The standard InChI is InChI=1S/C24H18ClN/c25-19-14-12-17(13-15-19)18-6-5-7-20(16-18)26-23-10-3-1-8-21(23)22-9-2-4-11-24(22)26/h1-3,5-10,12-16H,4,11H2. The monoisotopic (exact) mass is 355 g/mol. The summed E-state index contributed by atoms with van der Waals surface area (Å²) >= 11 is 6.05. The molecular weight excluding hydrogens is 338 g/mol. The first-order chi connectivity index (χ1) is 12.8. The second-order valence-electron chi connectivity index (χ2n) is 6.71. The molecule has 0 atom stereocenters. The van der Waals surface area contributed by atoms with Gasteiger partial charge in [-0.15, -0.1) is 0 Å². The number of para-hydroxylation sites is 1. The Bertz CT molecular complexity index is 1130. The lowest BCUT2D eigenvalue weighted by Gasteiger charge is -2.14. The maximum Gasteiger partial charge on any atom is 0.0537 e. The molecule has 0 fully saturated rings. The van der Waals surface area contributed by atoms with Crippen LogP contribution in [0.3, 0.4) is 0 Å². The van der Waals surface area contributed by atoms with E-state index in [1.807, 2.05) is 12.1 Å². The number of hydrogen-bond acceptors (Lipinski definition) is 0. The minimum atomic E-state index is 0.766. The van der Waals surface area contributed by atoms with Crippen LogP contribution in [0.5, 0.6) is 0 Å². The van der Waals surface area contributed by atoms with Crippen LogP contribution in [0, 0.1) is 0 Å². The van der Waals surface area contributed by atoms with Crippen molar-refractivity contribution in [3.63, 3.8) is 0 Å². The van der Waals surface area contributed by atoms with E-state index in [0.29, 0.717) is 0 Å². The minimum absolute atomic E-state index is 0.766. The fourth-order valence-electron chi connectivity index (χ4n) is 3.93. The number of benzene rings is 3. The van der Waals surface area contributed by atoms with E-state index in [2.05, 4.69) is 77.4 Å². The number of allylic oxidation sites excluding steroid dienone is 1. The third-order valence-corrected chi connectivity index (χ3v) is 5.38. The van der Waals surface area contributed by atoms with Crippen LogP contribution in [0.2, 0.25) is 5.02 Å². The Labute approximate surface area is 158 Å². The molecule has 0 saturated carbocycles. The topological polar surface area (TPSA) is 4.93 Å². The Morgan fingerprint density at radius 1 is 0.808 bits per heavy atom. The van der Waals surface area contributed by atoms with Crippen molar-refractivity contribution < 1.29 is 0 Å². The SMILES string of the molecule is Clc1ccc(-c2cccc(-n3c4c(c5ccccc53)C=CCC4)c2)cc1. The highest BCUT2D eigenvalue weighted by molar-refractivity contribution is 6.30. The lowest BCUT2D eigenvalue weighted by molar-refractivity contribution is 0.889. The number of fused-ring (bicyclic) bond motifs is 3. The Morgan fingerprint density at radius 2 is 1.65 bits per heavy atom. The van der Waals surface area contributed by atoms with E-state index in [0.717, 1.165) is 17.9 Å². The van der Waals surface area contributed by atoms with Crippen LogP contribution >= 0.6 is 11.6 Å². The maximum atomic E-state index is 6.05. The Morgan fingerprint density at radius 3 is 2.54 bits per heavy atom. The highest BCUT2D eigenvalue weighted by Crippen LogP contribution is 2.34. The average Bonchev–Trinajstić information content (AvgIpc) is 3.03. The number of nitrogens with zero attached hydrogens (tertiary/aromatic N) is 1. The second kappa shape index (κ2) is 6.19. The van der Waals surface area contributed by atoms with Gasteiger partial charge in [0.15, 0.2) is 0 Å². The quantitative estimate of drug-likeness (QED) is 0.368. The van der Waals surface area contributed by atoms with Crippen molar-refractivity contribution in [1.82, 2.24) is 4.57 Å². The summed E-state index contributed by atoms with van der Waals surface area (Å²) in [6, 6.07) is 25.5. The summed E-state index contributed by atoms with van der Waals surface area (Å²) in [6.07, 6.45) is 6.73. The van der Waals surface area contributed by atoms with E-state index in [-0.39, 0.29) is 0 Å². The van der Waals surface area contributed by atoms with Gasteiger partial charge in [-0.05, 0) is 54.3 Å². The van der Waals surface area contributed by atoms with Crippen LogP contribution < -0.4 is 0 Å². The molecule has 1 aliphatic carbocycles. The van der Waals surface area contributed by atoms with Crippen LogP contribution in [0.4, 0.5) is 0 Å². The summed E-state index contributed by atoms with van der Waals surface area (Å²) in [5.41, 5.74) is 7.65. The molecule has 1 aromatic heterocycles. The Hall–Kier alpha value is -2.77. The molecule has 26 heavy (non-hydrogen) atoms. The van der Waals surface area contributed by atoms with Gasteiger partial charge in [0.1, 0.15) is 0 Å². The van der Waals surface area contributed by atoms with Crippen LogP contribution in [0.25, 0.3) is 33.8 Å². The van der Waals surface area contributed by atoms with E-state index in [9.17, 15) is 0 Å². The summed E-state index contributed by atoms with van der Waals surface area (Å²) in [4.78, 5) is 0. The van der Waals surface area contributed by atoms with Crippen molar-refractivity contribution in [2.75, 3.05) is 0 Å². The molecule has 0 saturated heterocycles. The van der Waals surface area contributed by atoms with Crippen LogP contribution in [-0.2, 0) is 6.42 Å². The van der Waals surface area contributed by atoms with E-state index in [1.165, 1.54) is 39.0 Å². The molecule has 2 heteroatoms.